The molecule has 0 aliphatic carbocycles. The molecular weight excluding hydrogens is 322 g/mol. The third kappa shape index (κ3) is 4.41. The molecule has 1 aromatic carbocycles. The Morgan fingerprint density at radius 3 is 3.08 bits per heavy atom. The van der Waals surface area contributed by atoms with Crippen molar-refractivity contribution < 1.29 is 9.53 Å². The first-order chi connectivity index (χ1) is 11.6. The van der Waals surface area contributed by atoms with Crippen LogP contribution in [0.25, 0.3) is 0 Å². The number of aromatic nitrogens is 1. The molecule has 1 aliphatic heterocycles. The Balaban J connectivity index is 1.73. The van der Waals surface area contributed by atoms with Gasteiger partial charge in [0.15, 0.2) is 5.13 Å². The average molecular weight is 345 g/mol. The topological polar surface area (TPSA) is 45.7 Å². The Kier molecular flexibility index (Phi) is 5.60. The van der Waals surface area contributed by atoms with Gasteiger partial charge < -0.3 is 9.64 Å². The maximum Gasteiger partial charge on any atom is 0.233 e. The summed E-state index contributed by atoms with van der Waals surface area (Å²) < 4.78 is 5.84. The van der Waals surface area contributed by atoms with Crippen molar-refractivity contribution in [3.8, 4) is 0 Å². The van der Waals surface area contributed by atoms with Gasteiger partial charge in [-0.05, 0) is 19.5 Å². The molecule has 0 unspecified atom stereocenters. The zero-order valence-electron chi connectivity index (χ0n) is 14.1. The number of rotatable bonds is 5. The van der Waals surface area contributed by atoms with E-state index in [0.29, 0.717) is 19.6 Å². The molecule has 0 bridgehead atoms. The number of hydrogen-bond acceptors (Lipinski definition) is 5. The molecule has 0 radical (unpaired) electrons. The van der Waals surface area contributed by atoms with E-state index in [9.17, 15) is 4.79 Å². The smallest absolute Gasteiger partial charge is 0.233 e. The molecule has 1 atom stereocenters. The third-order valence-corrected chi connectivity index (χ3v) is 4.91. The molecule has 1 saturated heterocycles. The van der Waals surface area contributed by atoms with Gasteiger partial charge in [0.25, 0.3) is 0 Å². The zero-order chi connectivity index (χ0) is 16.9. The van der Waals surface area contributed by atoms with E-state index in [0.717, 1.165) is 23.8 Å². The van der Waals surface area contributed by atoms with Gasteiger partial charge in [-0.25, -0.2) is 4.98 Å². The normalized spacial score (nSPS) is 18.5. The van der Waals surface area contributed by atoms with Crippen LogP contribution in [-0.2, 0) is 16.0 Å². The molecule has 1 amide bonds. The number of hydrogen-bond donors (Lipinski definition) is 0. The van der Waals surface area contributed by atoms with Crippen LogP contribution < -0.4 is 4.90 Å². The fraction of sp³-hybridized carbons (Fsp3) is 0.444. The van der Waals surface area contributed by atoms with Gasteiger partial charge in [-0.3, -0.25) is 9.69 Å². The first kappa shape index (κ1) is 17.1. The van der Waals surface area contributed by atoms with Gasteiger partial charge in [0.1, 0.15) is 0 Å². The van der Waals surface area contributed by atoms with E-state index in [-0.39, 0.29) is 12.0 Å². The van der Waals surface area contributed by atoms with E-state index < -0.39 is 0 Å². The number of likely N-dealkylation sites (N-methyl/N-ethyl adjacent to an activating group) is 1. The molecule has 1 aliphatic rings. The largest absolute Gasteiger partial charge is 0.374 e. The van der Waals surface area contributed by atoms with Crippen molar-refractivity contribution in [2.45, 2.75) is 19.4 Å². The number of carbonyl (C=O) groups is 1. The minimum atomic E-state index is 0.0223. The van der Waals surface area contributed by atoms with Crippen molar-refractivity contribution in [1.82, 2.24) is 9.88 Å². The number of ether oxygens (including phenoxy) is 1. The second kappa shape index (κ2) is 7.88. The van der Waals surface area contributed by atoms with Gasteiger partial charge in [-0.15, -0.1) is 11.3 Å². The van der Waals surface area contributed by atoms with Gasteiger partial charge in [0.2, 0.25) is 5.91 Å². The Morgan fingerprint density at radius 1 is 1.50 bits per heavy atom. The zero-order valence-corrected chi connectivity index (χ0v) is 15.0. The number of amides is 1. The fourth-order valence-corrected chi connectivity index (χ4v) is 3.58. The summed E-state index contributed by atoms with van der Waals surface area (Å²) >= 11 is 1.49. The molecule has 1 aromatic heterocycles. The summed E-state index contributed by atoms with van der Waals surface area (Å²) in [4.78, 5) is 21.2. The molecule has 0 saturated carbocycles. The van der Waals surface area contributed by atoms with Gasteiger partial charge in [0, 0.05) is 24.7 Å². The highest BCUT2D eigenvalue weighted by Crippen LogP contribution is 2.20. The second-order valence-corrected chi connectivity index (χ2v) is 7.11. The highest BCUT2D eigenvalue weighted by molar-refractivity contribution is 7.13. The van der Waals surface area contributed by atoms with E-state index in [2.05, 4.69) is 23.0 Å². The van der Waals surface area contributed by atoms with Crippen molar-refractivity contribution in [2.75, 3.05) is 38.2 Å². The van der Waals surface area contributed by atoms with Gasteiger partial charge in [0.05, 0.1) is 25.7 Å². The first-order valence-corrected chi connectivity index (χ1v) is 9.05. The van der Waals surface area contributed by atoms with Crippen molar-refractivity contribution in [3.63, 3.8) is 0 Å². The molecule has 128 valence electrons. The van der Waals surface area contributed by atoms with E-state index in [1.807, 2.05) is 30.5 Å². The highest BCUT2D eigenvalue weighted by atomic mass is 32.1. The summed E-state index contributed by atoms with van der Waals surface area (Å²) in [5.74, 6) is 0.0624. The third-order valence-electron chi connectivity index (χ3n) is 4.12. The molecule has 6 heteroatoms. The quantitative estimate of drug-likeness (QED) is 0.835. The van der Waals surface area contributed by atoms with E-state index in [1.165, 1.54) is 16.9 Å². The summed E-state index contributed by atoms with van der Waals surface area (Å²) in [6.45, 7) is 5.06. The lowest BCUT2D eigenvalue weighted by atomic mass is 10.1. The Morgan fingerprint density at radius 2 is 2.38 bits per heavy atom. The Hall–Kier alpha value is -1.76. The highest BCUT2D eigenvalue weighted by Gasteiger charge is 2.26. The molecule has 0 N–H and O–H groups in total. The standard InChI is InChI=1S/C18H23N3O2S/c1-14-4-3-5-15(10-14)11-17(22)21(18-19-6-9-24-18)13-16-12-20(2)7-8-23-16/h3-6,9-10,16H,7-8,11-13H2,1-2H3/t16-/m0/s1. The fourth-order valence-electron chi connectivity index (χ4n) is 2.91. The first-order valence-electron chi connectivity index (χ1n) is 8.17. The molecule has 5 nitrogen and oxygen atoms in total. The summed E-state index contributed by atoms with van der Waals surface area (Å²) in [6.07, 6.45) is 2.14. The van der Waals surface area contributed by atoms with Gasteiger partial charge in [-0.2, -0.15) is 0 Å². The number of benzene rings is 1. The van der Waals surface area contributed by atoms with Gasteiger partial charge >= 0.3 is 0 Å². The lowest BCUT2D eigenvalue weighted by Gasteiger charge is -2.33. The summed E-state index contributed by atoms with van der Waals surface area (Å²) in [5.41, 5.74) is 2.20. The van der Waals surface area contributed by atoms with Crippen molar-refractivity contribution in [2.24, 2.45) is 0 Å². The van der Waals surface area contributed by atoms with Crippen LogP contribution in [0.2, 0.25) is 0 Å². The van der Waals surface area contributed by atoms with E-state index >= 15 is 0 Å². The van der Waals surface area contributed by atoms with Crippen LogP contribution in [0, 0.1) is 6.92 Å². The molecular formula is C18H23N3O2S. The predicted octanol–water partition coefficient (Wildman–Crippen LogP) is 2.36. The van der Waals surface area contributed by atoms with Crippen LogP contribution in [0.4, 0.5) is 5.13 Å². The number of carbonyl (C=O) groups excluding carboxylic acids is 1. The second-order valence-electron chi connectivity index (χ2n) is 6.24. The predicted molar refractivity (Wildman–Crippen MR) is 96.6 cm³/mol. The number of morpholine rings is 1. The molecule has 1 fully saturated rings. The Labute approximate surface area is 146 Å². The van der Waals surface area contributed by atoms with Crippen LogP contribution in [0.15, 0.2) is 35.8 Å². The van der Waals surface area contributed by atoms with E-state index in [1.54, 1.807) is 11.1 Å². The molecule has 2 heterocycles. The molecule has 2 aromatic rings. The summed E-state index contributed by atoms with van der Waals surface area (Å²) in [7, 11) is 2.08. The van der Waals surface area contributed by atoms with Crippen LogP contribution in [0.5, 0.6) is 0 Å². The minimum absolute atomic E-state index is 0.0223. The monoisotopic (exact) mass is 345 g/mol. The van der Waals surface area contributed by atoms with Crippen molar-refractivity contribution in [1.29, 1.82) is 0 Å². The molecule has 3 rings (SSSR count). The van der Waals surface area contributed by atoms with Crippen molar-refractivity contribution in [3.05, 3.63) is 47.0 Å². The Bertz CT molecular complexity index is 675. The summed E-state index contributed by atoms with van der Waals surface area (Å²) in [6, 6.07) is 8.09. The van der Waals surface area contributed by atoms with Crippen LogP contribution in [0.1, 0.15) is 11.1 Å². The van der Waals surface area contributed by atoms with Crippen LogP contribution in [-0.4, -0.2) is 55.2 Å². The van der Waals surface area contributed by atoms with E-state index in [4.69, 9.17) is 4.74 Å². The number of thiazole rings is 1. The average Bonchev–Trinajstić information content (AvgIpc) is 3.06. The van der Waals surface area contributed by atoms with Crippen molar-refractivity contribution >= 4 is 22.4 Å². The number of aryl methyl sites for hydroxylation is 1. The summed E-state index contributed by atoms with van der Waals surface area (Å²) in [5, 5.41) is 2.64. The SMILES string of the molecule is Cc1cccc(CC(=O)N(C[C@@H]2CN(C)CCO2)c2nccs2)c1. The van der Waals surface area contributed by atoms with Crippen LogP contribution >= 0.6 is 11.3 Å². The minimum Gasteiger partial charge on any atom is -0.374 e. The maximum absolute atomic E-state index is 12.9. The number of anilines is 1. The lowest BCUT2D eigenvalue weighted by molar-refractivity contribution is -0.118. The molecule has 24 heavy (non-hydrogen) atoms. The van der Waals surface area contributed by atoms with Crippen LogP contribution in [0.3, 0.4) is 0 Å². The maximum atomic E-state index is 12.9. The lowest BCUT2D eigenvalue weighted by Crippen LogP contribution is -2.48. The number of nitrogens with zero attached hydrogens (tertiary/aromatic N) is 3. The van der Waals surface area contributed by atoms with Gasteiger partial charge in [-0.1, -0.05) is 29.8 Å². The molecule has 0 spiro atoms.